The molecule has 0 bridgehead atoms. The zero-order valence-electron chi connectivity index (χ0n) is 11.5. The second kappa shape index (κ2) is 6.23. The number of hydrogen-bond donors (Lipinski definition) is 1. The highest BCUT2D eigenvalue weighted by atomic mass is 35.5. The van der Waals surface area contributed by atoms with Crippen molar-refractivity contribution in [3.8, 4) is 0 Å². The van der Waals surface area contributed by atoms with Crippen LogP contribution in [0.1, 0.15) is 11.7 Å². The normalized spacial score (nSPS) is 15.2. The van der Waals surface area contributed by atoms with Crippen molar-refractivity contribution in [1.82, 2.24) is 19.9 Å². The van der Waals surface area contributed by atoms with Crippen LogP contribution in [0.15, 0.2) is 10.6 Å². The molecule has 3 heterocycles. The van der Waals surface area contributed by atoms with E-state index >= 15 is 0 Å². The van der Waals surface area contributed by atoms with E-state index in [0.29, 0.717) is 37.5 Å². The van der Waals surface area contributed by atoms with Gasteiger partial charge in [0, 0.05) is 13.1 Å². The summed E-state index contributed by atoms with van der Waals surface area (Å²) in [5.41, 5.74) is 0. The second-order valence-corrected chi connectivity index (χ2v) is 4.88. The molecule has 0 radical (unpaired) electrons. The number of hydrogen-bond acceptors (Lipinski definition) is 8. The molecule has 0 aromatic carbocycles. The number of nitrogens with zero attached hydrogens (tertiary/aromatic N) is 5. The number of halogens is 1. The van der Waals surface area contributed by atoms with Crippen molar-refractivity contribution >= 4 is 23.5 Å². The smallest absolute Gasteiger partial charge is 0.231 e. The van der Waals surface area contributed by atoms with Crippen LogP contribution in [0.3, 0.4) is 0 Å². The van der Waals surface area contributed by atoms with E-state index in [1.807, 2.05) is 11.8 Å². The fourth-order valence-corrected chi connectivity index (χ4v) is 2.12. The first-order chi connectivity index (χ1) is 10.2. The molecule has 1 N–H and O–H groups in total. The average molecular weight is 311 g/mol. The summed E-state index contributed by atoms with van der Waals surface area (Å²) >= 11 is 5.96. The van der Waals surface area contributed by atoms with Gasteiger partial charge in [-0.3, -0.25) is 0 Å². The molecule has 21 heavy (non-hydrogen) atoms. The van der Waals surface area contributed by atoms with E-state index in [0.717, 1.165) is 18.8 Å². The third-order valence-electron chi connectivity index (χ3n) is 2.96. The molecule has 112 valence electrons. The van der Waals surface area contributed by atoms with Crippen molar-refractivity contribution < 1.29 is 9.15 Å². The fraction of sp³-hybridized carbons (Fsp3) is 0.500. The molecule has 0 saturated carbocycles. The predicted molar refractivity (Wildman–Crippen MR) is 76.4 cm³/mol. The van der Waals surface area contributed by atoms with Gasteiger partial charge in [-0.25, -0.2) is 4.98 Å². The summed E-state index contributed by atoms with van der Waals surface area (Å²) in [6, 6.07) is 0. The van der Waals surface area contributed by atoms with E-state index in [9.17, 15) is 0 Å². The van der Waals surface area contributed by atoms with Gasteiger partial charge in [-0.15, -0.1) is 0 Å². The highest BCUT2D eigenvalue weighted by molar-refractivity contribution is 6.28. The van der Waals surface area contributed by atoms with Crippen molar-refractivity contribution in [3.63, 3.8) is 0 Å². The minimum atomic E-state index is 0.151. The van der Waals surface area contributed by atoms with Gasteiger partial charge in [-0.05, 0) is 18.5 Å². The topological polar surface area (TPSA) is 89.2 Å². The molecule has 8 nitrogen and oxygen atoms in total. The van der Waals surface area contributed by atoms with Gasteiger partial charge in [0.2, 0.25) is 23.1 Å². The zero-order valence-corrected chi connectivity index (χ0v) is 12.3. The molecule has 1 aliphatic rings. The standard InChI is InChI=1S/C12H15ClN6O2/c1-8-6-14-9(21-8)7-15-11-16-10(13)17-12(18-11)19-2-4-20-5-3-19/h6H,2-5,7H2,1H3,(H,15,16,17,18). The van der Waals surface area contributed by atoms with E-state index in [2.05, 4.69) is 25.3 Å². The summed E-state index contributed by atoms with van der Waals surface area (Å²) in [5, 5.41) is 3.18. The zero-order chi connectivity index (χ0) is 14.7. The molecule has 2 aromatic rings. The molecule has 0 unspecified atom stereocenters. The molecule has 0 spiro atoms. The van der Waals surface area contributed by atoms with Gasteiger partial charge in [0.05, 0.1) is 26.0 Å². The van der Waals surface area contributed by atoms with Gasteiger partial charge in [0.1, 0.15) is 5.76 Å². The van der Waals surface area contributed by atoms with E-state index in [1.54, 1.807) is 6.20 Å². The Morgan fingerprint density at radius 1 is 1.29 bits per heavy atom. The fourth-order valence-electron chi connectivity index (χ4n) is 1.96. The lowest BCUT2D eigenvalue weighted by atomic mass is 10.4. The Hall–Kier alpha value is -1.93. The minimum absolute atomic E-state index is 0.151. The SMILES string of the molecule is Cc1cnc(CNc2nc(Cl)nc(N3CCOCC3)n2)o1. The summed E-state index contributed by atoms with van der Waals surface area (Å²) < 4.78 is 10.7. The number of anilines is 2. The number of aryl methyl sites for hydroxylation is 1. The largest absolute Gasteiger partial charge is 0.444 e. The Bertz CT molecular complexity index is 614. The number of oxazole rings is 1. The maximum atomic E-state index is 5.96. The first kappa shape index (κ1) is 14.0. The van der Waals surface area contributed by atoms with Crippen LogP contribution in [0.5, 0.6) is 0 Å². The Kier molecular flexibility index (Phi) is 4.16. The maximum absolute atomic E-state index is 5.96. The van der Waals surface area contributed by atoms with Crippen LogP contribution in [0.25, 0.3) is 0 Å². The lowest BCUT2D eigenvalue weighted by Gasteiger charge is -2.26. The Balaban J connectivity index is 1.71. The van der Waals surface area contributed by atoms with Crippen LogP contribution in [0.2, 0.25) is 5.28 Å². The molecule has 1 saturated heterocycles. The molecule has 0 amide bonds. The van der Waals surface area contributed by atoms with Gasteiger partial charge in [0.25, 0.3) is 0 Å². The molecule has 2 aromatic heterocycles. The van der Waals surface area contributed by atoms with Gasteiger partial charge in [0.15, 0.2) is 0 Å². The van der Waals surface area contributed by atoms with Crippen LogP contribution in [0.4, 0.5) is 11.9 Å². The van der Waals surface area contributed by atoms with Crippen molar-refractivity contribution in [2.45, 2.75) is 13.5 Å². The van der Waals surface area contributed by atoms with Gasteiger partial charge >= 0.3 is 0 Å². The minimum Gasteiger partial charge on any atom is -0.444 e. The second-order valence-electron chi connectivity index (χ2n) is 4.55. The highest BCUT2D eigenvalue weighted by Gasteiger charge is 2.16. The van der Waals surface area contributed by atoms with Crippen LogP contribution in [-0.2, 0) is 11.3 Å². The molecular weight excluding hydrogens is 296 g/mol. The molecule has 1 aliphatic heterocycles. The van der Waals surface area contributed by atoms with Crippen LogP contribution in [0, 0.1) is 6.92 Å². The lowest BCUT2D eigenvalue weighted by Crippen LogP contribution is -2.37. The molecule has 9 heteroatoms. The van der Waals surface area contributed by atoms with E-state index < -0.39 is 0 Å². The summed E-state index contributed by atoms with van der Waals surface area (Å²) in [5.74, 6) is 2.27. The number of morpholine rings is 1. The van der Waals surface area contributed by atoms with Gasteiger partial charge in [-0.2, -0.15) is 15.0 Å². The number of ether oxygens (including phenoxy) is 1. The number of aromatic nitrogens is 4. The highest BCUT2D eigenvalue weighted by Crippen LogP contribution is 2.15. The molecule has 1 fully saturated rings. The van der Waals surface area contributed by atoms with Crippen LogP contribution in [-0.4, -0.2) is 46.2 Å². The van der Waals surface area contributed by atoms with E-state index in [1.165, 1.54) is 0 Å². The summed E-state index contributed by atoms with van der Waals surface area (Å²) in [6.07, 6.45) is 1.66. The monoisotopic (exact) mass is 310 g/mol. The summed E-state index contributed by atoms with van der Waals surface area (Å²) in [6.45, 7) is 5.00. The maximum Gasteiger partial charge on any atom is 0.231 e. The predicted octanol–water partition coefficient (Wildman–Crippen LogP) is 1.27. The molecule has 3 rings (SSSR count). The number of rotatable bonds is 4. The van der Waals surface area contributed by atoms with Crippen molar-refractivity contribution in [3.05, 3.63) is 23.1 Å². The van der Waals surface area contributed by atoms with Crippen molar-refractivity contribution in [2.24, 2.45) is 0 Å². The van der Waals surface area contributed by atoms with Crippen molar-refractivity contribution in [2.75, 3.05) is 36.5 Å². The van der Waals surface area contributed by atoms with Crippen molar-refractivity contribution in [1.29, 1.82) is 0 Å². The van der Waals surface area contributed by atoms with Gasteiger partial charge < -0.3 is 19.4 Å². The Labute approximate surface area is 126 Å². The first-order valence-corrected chi connectivity index (χ1v) is 6.98. The quantitative estimate of drug-likeness (QED) is 0.903. The van der Waals surface area contributed by atoms with Gasteiger partial charge in [-0.1, -0.05) is 0 Å². The third-order valence-corrected chi connectivity index (χ3v) is 3.13. The molecule has 0 atom stereocenters. The Morgan fingerprint density at radius 3 is 2.81 bits per heavy atom. The lowest BCUT2D eigenvalue weighted by molar-refractivity contribution is 0.122. The average Bonchev–Trinajstić information content (AvgIpc) is 2.91. The first-order valence-electron chi connectivity index (χ1n) is 6.60. The molecular formula is C12H15ClN6O2. The van der Waals surface area contributed by atoms with Crippen LogP contribution >= 0.6 is 11.6 Å². The number of nitrogens with one attached hydrogen (secondary N) is 1. The molecule has 0 aliphatic carbocycles. The van der Waals surface area contributed by atoms with E-state index in [-0.39, 0.29) is 5.28 Å². The van der Waals surface area contributed by atoms with E-state index in [4.69, 9.17) is 20.8 Å². The summed E-state index contributed by atoms with van der Waals surface area (Å²) in [7, 11) is 0. The third kappa shape index (κ3) is 3.59. The Morgan fingerprint density at radius 2 is 2.10 bits per heavy atom. The summed E-state index contributed by atoms with van der Waals surface area (Å²) in [4.78, 5) is 18.7. The van der Waals surface area contributed by atoms with Crippen LogP contribution < -0.4 is 10.2 Å².